The molecule has 1 unspecified atom stereocenters. The van der Waals surface area contributed by atoms with Crippen LogP contribution in [-0.2, 0) is 0 Å². The molecule has 5 N–H and O–H groups in total. The standard InChI is InChI=1S/C11H13N3O2.ClH/c12-8-4-1-3-7(11(15)16)9(8)10-13-5-2-6-14-10;/h1-5,10,13-14H,6,12H2,(H,15,16);1H. The molecule has 1 aliphatic heterocycles. The zero-order valence-electron chi connectivity index (χ0n) is 9.01. The summed E-state index contributed by atoms with van der Waals surface area (Å²) in [5.41, 5.74) is 7.10. The summed E-state index contributed by atoms with van der Waals surface area (Å²) >= 11 is 0. The maximum absolute atomic E-state index is 11.1. The lowest BCUT2D eigenvalue weighted by Gasteiger charge is -2.24. The van der Waals surface area contributed by atoms with E-state index in [0.717, 1.165) is 0 Å². The van der Waals surface area contributed by atoms with Gasteiger partial charge >= 0.3 is 5.97 Å². The van der Waals surface area contributed by atoms with Crippen LogP contribution in [0.4, 0.5) is 5.69 Å². The lowest BCUT2D eigenvalue weighted by Crippen LogP contribution is -2.36. The molecule has 0 amide bonds. The van der Waals surface area contributed by atoms with E-state index in [4.69, 9.17) is 10.8 Å². The number of rotatable bonds is 2. The van der Waals surface area contributed by atoms with Gasteiger partial charge in [-0.25, -0.2) is 4.79 Å². The number of nitrogen functional groups attached to an aromatic ring is 1. The Morgan fingerprint density at radius 1 is 1.47 bits per heavy atom. The van der Waals surface area contributed by atoms with Crippen molar-refractivity contribution >= 4 is 24.1 Å². The Morgan fingerprint density at radius 2 is 2.24 bits per heavy atom. The molecule has 0 aromatic heterocycles. The summed E-state index contributed by atoms with van der Waals surface area (Å²) in [5, 5.41) is 15.3. The molecule has 1 atom stereocenters. The predicted octanol–water partition coefficient (Wildman–Crippen LogP) is 1.09. The van der Waals surface area contributed by atoms with E-state index in [9.17, 15) is 4.79 Å². The van der Waals surface area contributed by atoms with E-state index < -0.39 is 5.97 Å². The van der Waals surface area contributed by atoms with Crippen LogP contribution in [0.2, 0.25) is 0 Å². The summed E-state index contributed by atoms with van der Waals surface area (Å²) in [6, 6.07) is 4.89. The summed E-state index contributed by atoms with van der Waals surface area (Å²) in [6.45, 7) is 0.686. The molecular formula is C11H14ClN3O2. The van der Waals surface area contributed by atoms with Crippen LogP contribution in [0.1, 0.15) is 22.1 Å². The van der Waals surface area contributed by atoms with E-state index in [1.807, 2.05) is 6.08 Å². The average molecular weight is 256 g/mol. The zero-order valence-corrected chi connectivity index (χ0v) is 9.83. The van der Waals surface area contributed by atoms with Crippen LogP contribution in [0.5, 0.6) is 0 Å². The van der Waals surface area contributed by atoms with Gasteiger partial charge in [0.1, 0.15) is 6.17 Å². The molecular weight excluding hydrogens is 242 g/mol. The van der Waals surface area contributed by atoms with Crippen molar-refractivity contribution in [3.05, 3.63) is 41.6 Å². The Labute approximate surface area is 105 Å². The quantitative estimate of drug-likeness (QED) is 0.595. The van der Waals surface area contributed by atoms with Crippen LogP contribution in [0.15, 0.2) is 30.5 Å². The zero-order chi connectivity index (χ0) is 11.5. The fourth-order valence-electron chi connectivity index (χ4n) is 1.75. The molecule has 17 heavy (non-hydrogen) atoms. The van der Waals surface area contributed by atoms with Crippen LogP contribution in [0.25, 0.3) is 0 Å². The summed E-state index contributed by atoms with van der Waals surface area (Å²) in [4.78, 5) is 11.1. The van der Waals surface area contributed by atoms with Crippen molar-refractivity contribution in [1.82, 2.24) is 10.6 Å². The molecule has 0 saturated heterocycles. The van der Waals surface area contributed by atoms with E-state index in [1.54, 1.807) is 24.4 Å². The number of benzene rings is 1. The summed E-state index contributed by atoms with van der Waals surface area (Å²) < 4.78 is 0. The van der Waals surface area contributed by atoms with Gasteiger partial charge in [-0.3, -0.25) is 5.32 Å². The van der Waals surface area contributed by atoms with Crippen LogP contribution >= 0.6 is 12.4 Å². The third-order valence-corrected chi connectivity index (χ3v) is 2.48. The normalized spacial score (nSPS) is 18.0. The van der Waals surface area contributed by atoms with E-state index in [2.05, 4.69) is 10.6 Å². The molecule has 0 saturated carbocycles. The van der Waals surface area contributed by atoms with Gasteiger partial charge < -0.3 is 16.2 Å². The Balaban J connectivity index is 0.00000144. The van der Waals surface area contributed by atoms with Crippen LogP contribution in [0.3, 0.4) is 0 Å². The number of carboxylic acid groups (broad SMARTS) is 1. The van der Waals surface area contributed by atoms with Gasteiger partial charge in [0.05, 0.1) is 5.56 Å². The molecule has 0 aliphatic carbocycles. The number of anilines is 1. The molecule has 1 aliphatic rings. The van der Waals surface area contributed by atoms with Crippen molar-refractivity contribution in [2.75, 3.05) is 12.3 Å². The first kappa shape index (κ1) is 13.3. The molecule has 6 heteroatoms. The Kier molecular flexibility index (Phi) is 4.37. The smallest absolute Gasteiger partial charge is 0.336 e. The van der Waals surface area contributed by atoms with Crippen molar-refractivity contribution in [2.45, 2.75) is 6.17 Å². The highest BCUT2D eigenvalue weighted by atomic mass is 35.5. The van der Waals surface area contributed by atoms with Gasteiger partial charge in [0.25, 0.3) is 0 Å². The fourth-order valence-corrected chi connectivity index (χ4v) is 1.75. The number of halogens is 1. The van der Waals surface area contributed by atoms with Gasteiger partial charge in [-0.15, -0.1) is 12.4 Å². The number of aromatic carboxylic acids is 1. The lowest BCUT2D eigenvalue weighted by atomic mass is 10.0. The molecule has 0 radical (unpaired) electrons. The molecule has 5 nitrogen and oxygen atoms in total. The second-order valence-electron chi connectivity index (χ2n) is 3.52. The SMILES string of the molecule is Cl.Nc1cccc(C(=O)O)c1C1NC=CCN1. The van der Waals surface area contributed by atoms with Crippen molar-refractivity contribution in [3.63, 3.8) is 0 Å². The van der Waals surface area contributed by atoms with E-state index in [1.165, 1.54) is 0 Å². The monoisotopic (exact) mass is 255 g/mol. The van der Waals surface area contributed by atoms with E-state index in [-0.39, 0.29) is 24.1 Å². The summed E-state index contributed by atoms with van der Waals surface area (Å²) in [7, 11) is 0. The second kappa shape index (κ2) is 5.56. The van der Waals surface area contributed by atoms with Gasteiger partial charge in [0, 0.05) is 17.8 Å². The maximum Gasteiger partial charge on any atom is 0.336 e. The van der Waals surface area contributed by atoms with Gasteiger partial charge in [-0.05, 0) is 18.3 Å². The molecule has 2 rings (SSSR count). The molecule has 1 aromatic rings. The summed E-state index contributed by atoms with van der Waals surface area (Å²) in [5.74, 6) is -0.972. The topological polar surface area (TPSA) is 87.4 Å². The molecule has 0 bridgehead atoms. The summed E-state index contributed by atoms with van der Waals surface area (Å²) in [6.07, 6.45) is 3.45. The van der Waals surface area contributed by atoms with Crippen molar-refractivity contribution in [3.8, 4) is 0 Å². The average Bonchev–Trinajstić information content (AvgIpc) is 2.29. The van der Waals surface area contributed by atoms with Crippen LogP contribution in [0, 0.1) is 0 Å². The predicted molar refractivity (Wildman–Crippen MR) is 68.1 cm³/mol. The van der Waals surface area contributed by atoms with E-state index in [0.29, 0.717) is 17.8 Å². The number of nitrogens with two attached hydrogens (primary N) is 1. The molecule has 92 valence electrons. The molecule has 1 heterocycles. The highest BCUT2D eigenvalue weighted by Crippen LogP contribution is 2.24. The molecule has 0 spiro atoms. The minimum Gasteiger partial charge on any atom is -0.478 e. The number of carbonyl (C=O) groups is 1. The first-order valence-electron chi connectivity index (χ1n) is 4.96. The van der Waals surface area contributed by atoms with E-state index >= 15 is 0 Å². The molecule has 1 aromatic carbocycles. The minimum atomic E-state index is -0.972. The first-order chi connectivity index (χ1) is 7.70. The van der Waals surface area contributed by atoms with Crippen molar-refractivity contribution in [2.24, 2.45) is 0 Å². The third kappa shape index (κ3) is 2.69. The Morgan fingerprint density at radius 3 is 2.82 bits per heavy atom. The first-order valence-corrected chi connectivity index (χ1v) is 4.96. The van der Waals surface area contributed by atoms with Crippen molar-refractivity contribution in [1.29, 1.82) is 0 Å². The van der Waals surface area contributed by atoms with Crippen LogP contribution < -0.4 is 16.4 Å². The highest BCUT2D eigenvalue weighted by molar-refractivity contribution is 5.91. The lowest BCUT2D eigenvalue weighted by molar-refractivity contribution is 0.0694. The number of hydrogen-bond acceptors (Lipinski definition) is 4. The number of nitrogens with one attached hydrogen (secondary N) is 2. The number of carboxylic acids is 1. The Bertz CT molecular complexity index is 448. The maximum atomic E-state index is 11.1. The van der Waals surface area contributed by atoms with Gasteiger partial charge in [0.15, 0.2) is 0 Å². The van der Waals surface area contributed by atoms with Gasteiger partial charge in [0.2, 0.25) is 0 Å². The third-order valence-electron chi connectivity index (χ3n) is 2.48. The molecule has 0 fully saturated rings. The largest absolute Gasteiger partial charge is 0.478 e. The van der Waals surface area contributed by atoms with Crippen LogP contribution in [-0.4, -0.2) is 17.6 Å². The number of hydrogen-bond donors (Lipinski definition) is 4. The minimum absolute atomic E-state index is 0. The Hall–Kier alpha value is -1.72. The second-order valence-corrected chi connectivity index (χ2v) is 3.52. The fraction of sp³-hybridized carbons (Fsp3) is 0.182. The highest BCUT2D eigenvalue weighted by Gasteiger charge is 2.20. The van der Waals surface area contributed by atoms with Gasteiger partial charge in [-0.1, -0.05) is 12.1 Å². The van der Waals surface area contributed by atoms with Crippen molar-refractivity contribution < 1.29 is 9.90 Å². The van der Waals surface area contributed by atoms with Gasteiger partial charge in [-0.2, -0.15) is 0 Å².